The fourth-order valence-corrected chi connectivity index (χ4v) is 1.02. The van der Waals surface area contributed by atoms with Crippen molar-refractivity contribution < 1.29 is 18.4 Å². The Labute approximate surface area is 84.9 Å². The number of carbonyl (C=O) groups is 1. The number of ether oxygens (including phenoxy) is 1. The van der Waals surface area contributed by atoms with Gasteiger partial charge in [-0.1, -0.05) is 0 Å². The van der Waals surface area contributed by atoms with E-state index in [1.807, 2.05) is 0 Å². The SMILES string of the molecule is COC(=O)Cc1nnc(-c2ccco2)o1. The van der Waals surface area contributed by atoms with Crippen molar-refractivity contribution in [3.63, 3.8) is 0 Å². The van der Waals surface area contributed by atoms with Crippen molar-refractivity contribution in [1.82, 2.24) is 10.2 Å². The molecule has 78 valence electrons. The first-order chi connectivity index (χ1) is 7.29. The molecule has 0 aromatic carbocycles. The van der Waals surface area contributed by atoms with E-state index in [9.17, 15) is 4.79 Å². The molecule has 0 aliphatic heterocycles. The van der Waals surface area contributed by atoms with Gasteiger partial charge in [-0.05, 0) is 12.1 Å². The van der Waals surface area contributed by atoms with Gasteiger partial charge < -0.3 is 13.6 Å². The molecule has 0 unspecified atom stereocenters. The molecule has 0 spiro atoms. The molecule has 0 saturated heterocycles. The lowest BCUT2D eigenvalue weighted by molar-refractivity contribution is -0.140. The Kier molecular flexibility index (Phi) is 2.49. The summed E-state index contributed by atoms with van der Waals surface area (Å²) in [5, 5.41) is 7.41. The Hall–Kier alpha value is -2.11. The van der Waals surface area contributed by atoms with Gasteiger partial charge in [0.1, 0.15) is 6.42 Å². The van der Waals surface area contributed by atoms with E-state index in [1.54, 1.807) is 12.1 Å². The van der Waals surface area contributed by atoms with Gasteiger partial charge in [-0.15, -0.1) is 10.2 Å². The second-order valence-corrected chi connectivity index (χ2v) is 2.73. The van der Waals surface area contributed by atoms with Gasteiger partial charge in [0.05, 0.1) is 13.4 Å². The minimum absolute atomic E-state index is 0.0375. The van der Waals surface area contributed by atoms with Gasteiger partial charge >= 0.3 is 5.97 Å². The van der Waals surface area contributed by atoms with Crippen LogP contribution in [0.25, 0.3) is 11.7 Å². The molecule has 2 aromatic rings. The molecular weight excluding hydrogens is 200 g/mol. The molecule has 6 heteroatoms. The zero-order valence-electron chi connectivity index (χ0n) is 7.97. The third-order valence-corrected chi connectivity index (χ3v) is 1.72. The van der Waals surface area contributed by atoms with Crippen molar-refractivity contribution in [2.75, 3.05) is 7.11 Å². The van der Waals surface area contributed by atoms with Gasteiger partial charge in [0.15, 0.2) is 5.76 Å². The molecule has 2 rings (SSSR count). The van der Waals surface area contributed by atoms with E-state index in [-0.39, 0.29) is 18.2 Å². The topological polar surface area (TPSA) is 78.4 Å². The Bertz CT molecular complexity index is 446. The molecule has 0 aliphatic carbocycles. The summed E-state index contributed by atoms with van der Waals surface area (Å²) in [4.78, 5) is 10.9. The van der Waals surface area contributed by atoms with Crippen molar-refractivity contribution in [3.05, 3.63) is 24.3 Å². The predicted molar refractivity (Wildman–Crippen MR) is 47.7 cm³/mol. The summed E-state index contributed by atoms with van der Waals surface area (Å²) < 4.78 is 14.7. The van der Waals surface area contributed by atoms with E-state index in [1.165, 1.54) is 13.4 Å². The second-order valence-electron chi connectivity index (χ2n) is 2.73. The van der Waals surface area contributed by atoms with Crippen molar-refractivity contribution in [3.8, 4) is 11.7 Å². The van der Waals surface area contributed by atoms with Crippen LogP contribution in [0.3, 0.4) is 0 Å². The first-order valence-electron chi connectivity index (χ1n) is 4.22. The summed E-state index contributed by atoms with van der Waals surface area (Å²) in [5.74, 6) is 0.496. The summed E-state index contributed by atoms with van der Waals surface area (Å²) in [7, 11) is 1.30. The normalized spacial score (nSPS) is 10.2. The summed E-state index contributed by atoms with van der Waals surface area (Å²) in [6.45, 7) is 0. The molecule has 0 bridgehead atoms. The minimum atomic E-state index is -0.426. The maximum Gasteiger partial charge on any atom is 0.315 e. The summed E-state index contributed by atoms with van der Waals surface area (Å²) in [6, 6.07) is 3.40. The molecule has 6 nitrogen and oxygen atoms in total. The lowest BCUT2D eigenvalue weighted by Crippen LogP contribution is -2.04. The minimum Gasteiger partial charge on any atom is -0.469 e. The quantitative estimate of drug-likeness (QED) is 0.701. The van der Waals surface area contributed by atoms with Crippen LogP contribution in [-0.2, 0) is 16.0 Å². The highest BCUT2D eigenvalue weighted by Crippen LogP contribution is 2.17. The van der Waals surface area contributed by atoms with Crippen LogP contribution in [-0.4, -0.2) is 23.3 Å². The molecule has 0 radical (unpaired) electrons. The Morgan fingerprint density at radius 3 is 3.07 bits per heavy atom. The predicted octanol–water partition coefficient (Wildman–Crippen LogP) is 1.05. The van der Waals surface area contributed by atoms with Gasteiger partial charge in [-0.2, -0.15) is 0 Å². The lowest BCUT2D eigenvalue weighted by atomic mass is 10.4. The summed E-state index contributed by atoms with van der Waals surface area (Å²) in [5.41, 5.74) is 0. The average Bonchev–Trinajstić information content (AvgIpc) is 2.85. The molecule has 0 saturated carbocycles. The highest BCUT2D eigenvalue weighted by Gasteiger charge is 2.13. The van der Waals surface area contributed by atoms with Crippen LogP contribution in [0.15, 0.2) is 27.2 Å². The molecule has 15 heavy (non-hydrogen) atoms. The highest BCUT2D eigenvalue weighted by atomic mass is 16.5. The summed E-state index contributed by atoms with van der Waals surface area (Å²) >= 11 is 0. The standard InChI is InChI=1S/C9H8N2O4/c1-13-8(12)5-7-10-11-9(15-7)6-3-2-4-14-6/h2-4H,5H2,1H3. The third kappa shape index (κ3) is 2.04. The van der Waals surface area contributed by atoms with Crippen molar-refractivity contribution in [2.24, 2.45) is 0 Å². The van der Waals surface area contributed by atoms with E-state index >= 15 is 0 Å². The first-order valence-corrected chi connectivity index (χ1v) is 4.22. The van der Waals surface area contributed by atoms with Crippen molar-refractivity contribution in [2.45, 2.75) is 6.42 Å². The maximum atomic E-state index is 10.9. The fourth-order valence-electron chi connectivity index (χ4n) is 1.02. The number of methoxy groups -OCH3 is 1. The maximum absolute atomic E-state index is 10.9. The Morgan fingerprint density at radius 1 is 1.53 bits per heavy atom. The highest BCUT2D eigenvalue weighted by molar-refractivity contribution is 5.71. The van der Waals surface area contributed by atoms with E-state index in [0.29, 0.717) is 5.76 Å². The monoisotopic (exact) mass is 208 g/mol. The van der Waals surface area contributed by atoms with Crippen LogP contribution in [0.4, 0.5) is 0 Å². The Balaban J connectivity index is 2.14. The van der Waals surface area contributed by atoms with Crippen LogP contribution in [0.1, 0.15) is 5.89 Å². The zero-order valence-corrected chi connectivity index (χ0v) is 7.97. The van der Waals surface area contributed by atoms with Crippen molar-refractivity contribution >= 4 is 5.97 Å². The third-order valence-electron chi connectivity index (χ3n) is 1.72. The number of aromatic nitrogens is 2. The number of esters is 1. The number of nitrogens with zero attached hydrogens (tertiary/aromatic N) is 2. The van der Waals surface area contributed by atoms with Crippen molar-refractivity contribution in [1.29, 1.82) is 0 Å². The molecule has 0 N–H and O–H groups in total. The lowest BCUT2D eigenvalue weighted by Gasteiger charge is -1.92. The van der Waals surface area contributed by atoms with Crippen LogP contribution in [0, 0.1) is 0 Å². The van der Waals surface area contributed by atoms with Crippen LogP contribution in [0.2, 0.25) is 0 Å². The van der Waals surface area contributed by atoms with Crippen LogP contribution in [0.5, 0.6) is 0 Å². The van der Waals surface area contributed by atoms with E-state index in [2.05, 4.69) is 14.9 Å². The summed E-state index contributed by atoms with van der Waals surface area (Å²) in [6.07, 6.45) is 1.46. The van der Waals surface area contributed by atoms with Crippen LogP contribution >= 0.6 is 0 Å². The van der Waals surface area contributed by atoms with E-state index in [0.717, 1.165) is 0 Å². The number of hydrogen-bond acceptors (Lipinski definition) is 6. The number of rotatable bonds is 3. The zero-order chi connectivity index (χ0) is 10.7. The Morgan fingerprint density at radius 2 is 2.40 bits per heavy atom. The molecule has 0 aliphatic rings. The van der Waals surface area contributed by atoms with Gasteiger partial charge in [0, 0.05) is 0 Å². The van der Waals surface area contributed by atoms with E-state index in [4.69, 9.17) is 8.83 Å². The molecule has 0 fully saturated rings. The van der Waals surface area contributed by atoms with Gasteiger partial charge in [-0.25, -0.2) is 0 Å². The van der Waals surface area contributed by atoms with E-state index < -0.39 is 5.97 Å². The molecular formula is C9H8N2O4. The molecule has 0 amide bonds. The molecule has 2 heterocycles. The van der Waals surface area contributed by atoms with Gasteiger partial charge in [0.2, 0.25) is 5.89 Å². The average molecular weight is 208 g/mol. The second kappa shape index (κ2) is 3.95. The largest absolute Gasteiger partial charge is 0.469 e. The van der Waals surface area contributed by atoms with Crippen LogP contribution < -0.4 is 0 Å². The number of hydrogen-bond donors (Lipinski definition) is 0. The number of furan rings is 1. The molecule has 0 atom stereocenters. The smallest absolute Gasteiger partial charge is 0.315 e. The number of carbonyl (C=O) groups excluding carboxylic acids is 1. The molecule has 2 aromatic heterocycles. The van der Waals surface area contributed by atoms with Gasteiger partial charge in [-0.3, -0.25) is 4.79 Å². The van der Waals surface area contributed by atoms with Gasteiger partial charge in [0.25, 0.3) is 5.89 Å². The fraction of sp³-hybridized carbons (Fsp3) is 0.222. The first kappa shape index (κ1) is 9.45.